The highest BCUT2D eigenvalue weighted by atomic mass is 16.6. The van der Waals surface area contributed by atoms with Gasteiger partial charge in [-0.2, -0.15) is 0 Å². The molecule has 0 spiro atoms. The summed E-state index contributed by atoms with van der Waals surface area (Å²) in [6.45, 7) is 3.52. The molecular formula is C11H16O5. The van der Waals surface area contributed by atoms with E-state index in [1.165, 1.54) is 0 Å². The number of hydrogen-bond acceptors (Lipinski definition) is 5. The first-order valence-electron chi connectivity index (χ1n) is 5.41. The van der Waals surface area contributed by atoms with E-state index in [0.717, 1.165) is 0 Å². The Labute approximate surface area is 93.7 Å². The van der Waals surface area contributed by atoms with Gasteiger partial charge in [0.15, 0.2) is 0 Å². The first kappa shape index (κ1) is 11.6. The van der Waals surface area contributed by atoms with Gasteiger partial charge in [0.05, 0.1) is 6.10 Å². The SMILES string of the molecule is CC=C[C@@H]1O[C@@H]2[C@@H](C(=O)O[C@H]2C)[C@H](O)[C@H]1O. The molecule has 0 aromatic heterocycles. The second-order valence-electron chi connectivity index (χ2n) is 4.24. The zero-order chi connectivity index (χ0) is 11.9. The van der Waals surface area contributed by atoms with Gasteiger partial charge in [-0.25, -0.2) is 0 Å². The molecule has 5 heteroatoms. The molecule has 0 saturated carbocycles. The zero-order valence-corrected chi connectivity index (χ0v) is 9.24. The van der Waals surface area contributed by atoms with E-state index in [2.05, 4.69) is 0 Å². The van der Waals surface area contributed by atoms with Crippen LogP contribution in [-0.4, -0.2) is 46.7 Å². The molecule has 5 nitrogen and oxygen atoms in total. The molecule has 2 saturated heterocycles. The topological polar surface area (TPSA) is 76.0 Å². The van der Waals surface area contributed by atoms with Gasteiger partial charge in [0.2, 0.25) is 0 Å². The highest BCUT2D eigenvalue weighted by molar-refractivity contribution is 5.76. The third kappa shape index (κ3) is 1.65. The van der Waals surface area contributed by atoms with Crippen LogP contribution in [0.5, 0.6) is 0 Å². The summed E-state index contributed by atoms with van der Waals surface area (Å²) in [5.74, 6) is -1.27. The number of cyclic esters (lactones) is 1. The second-order valence-corrected chi connectivity index (χ2v) is 4.24. The highest BCUT2D eigenvalue weighted by Gasteiger charge is 2.54. The molecular weight excluding hydrogens is 212 g/mol. The zero-order valence-electron chi connectivity index (χ0n) is 9.24. The van der Waals surface area contributed by atoms with E-state index in [1.54, 1.807) is 26.0 Å². The molecule has 0 aliphatic carbocycles. The Morgan fingerprint density at radius 1 is 1.31 bits per heavy atom. The van der Waals surface area contributed by atoms with Gasteiger partial charge in [-0.3, -0.25) is 4.79 Å². The number of esters is 1. The van der Waals surface area contributed by atoms with Crippen molar-refractivity contribution in [2.45, 2.75) is 44.4 Å². The van der Waals surface area contributed by atoms with E-state index >= 15 is 0 Å². The lowest BCUT2D eigenvalue weighted by atomic mass is 9.86. The Hall–Kier alpha value is -0.910. The molecule has 0 aromatic rings. The molecule has 16 heavy (non-hydrogen) atoms. The van der Waals surface area contributed by atoms with Gasteiger partial charge >= 0.3 is 5.97 Å². The third-order valence-electron chi connectivity index (χ3n) is 3.14. The van der Waals surface area contributed by atoms with E-state index in [1.807, 2.05) is 0 Å². The predicted octanol–water partition coefficient (Wildman–Crippen LogP) is -0.387. The van der Waals surface area contributed by atoms with Crippen LogP contribution in [0.1, 0.15) is 13.8 Å². The van der Waals surface area contributed by atoms with Crippen molar-refractivity contribution in [1.29, 1.82) is 0 Å². The Bertz CT molecular complexity index is 313. The summed E-state index contributed by atoms with van der Waals surface area (Å²) in [5.41, 5.74) is 0. The van der Waals surface area contributed by atoms with Crippen molar-refractivity contribution in [3.05, 3.63) is 12.2 Å². The number of carbonyl (C=O) groups is 1. The van der Waals surface area contributed by atoms with Crippen LogP contribution >= 0.6 is 0 Å². The molecule has 0 aromatic carbocycles. The number of fused-ring (bicyclic) bond motifs is 1. The first-order valence-corrected chi connectivity index (χ1v) is 5.41. The summed E-state index contributed by atoms with van der Waals surface area (Å²) in [6, 6.07) is 0. The molecule has 0 unspecified atom stereocenters. The lowest BCUT2D eigenvalue weighted by molar-refractivity contribution is -0.180. The predicted molar refractivity (Wildman–Crippen MR) is 54.5 cm³/mol. The summed E-state index contributed by atoms with van der Waals surface area (Å²) >= 11 is 0. The Balaban J connectivity index is 2.23. The van der Waals surface area contributed by atoms with E-state index in [4.69, 9.17) is 9.47 Å². The molecule has 2 rings (SSSR count). The number of allylic oxidation sites excluding steroid dienone is 1. The number of rotatable bonds is 1. The van der Waals surface area contributed by atoms with Crippen LogP contribution in [0.4, 0.5) is 0 Å². The second kappa shape index (κ2) is 4.16. The molecule has 2 aliphatic rings. The average Bonchev–Trinajstić information content (AvgIpc) is 2.50. The maximum absolute atomic E-state index is 11.4. The summed E-state index contributed by atoms with van der Waals surface area (Å²) < 4.78 is 10.6. The van der Waals surface area contributed by atoms with Crippen molar-refractivity contribution in [2.75, 3.05) is 0 Å². The van der Waals surface area contributed by atoms with Crippen molar-refractivity contribution >= 4 is 5.97 Å². The summed E-state index contributed by atoms with van der Waals surface area (Å²) in [6.07, 6.45) is -0.256. The molecule has 0 amide bonds. The summed E-state index contributed by atoms with van der Waals surface area (Å²) in [4.78, 5) is 11.4. The third-order valence-corrected chi connectivity index (χ3v) is 3.14. The van der Waals surface area contributed by atoms with Gasteiger partial charge in [-0.05, 0) is 13.8 Å². The van der Waals surface area contributed by atoms with Crippen molar-refractivity contribution in [3.63, 3.8) is 0 Å². The molecule has 2 fully saturated rings. The molecule has 6 atom stereocenters. The first-order chi connectivity index (χ1) is 7.56. The molecule has 2 aliphatic heterocycles. The van der Waals surface area contributed by atoms with Gasteiger partial charge in [-0.15, -0.1) is 0 Å². The van der Waals surface area contributed by atoms with E-state index in [-0.39, 0.29) is 6.10 Å². The normalized spacial score (nSPS) is 48.1. The number of aliphatic hydroxyl groups is 2. The van der Waals surface area contributed by atoms with Crippen LogP contribution in [0.25, 0.3) is 0 Å². The smallest absolute Gasteiger partial charge is 0.314 e. The molecule has 0 radical (unpaired) electrons. The molecule has 0 bridgehead atoms. The van der Waals surface area contributed by atoms with Gasteiger partial charge < -0.3 is 19.7 Å². The number of ether oxygens (including phenoxy) is 2. The fraction of sp³-hybridized carbons (Fsp3) is 0.727. The number of aliphatic hydroxyl groups excluding tert-OH is 2. The maximum Gasteiger partial charge on any atom is 0.314 e. The highest BCUT2D eigenvalue weighted by Crippen LogP contribution is 2.35. The van der Waals surface area contributed by atoms with E-state index in [9.17, 15) is 15.0 Å². The quantitative estimate of drug-likeness (QED) is 0.472. The van der Waals surface area contributed by atoms with Gasteiger partial charge in [0.1, 0.15) is 30.3 Å². The number of hydrogen-bond donors (Lipinski definition) is 2. The largest absolute Gasteiger partial charge is 0.460 e. The van der Waals surface area contributed by atoms with Crippen molar-refractivity contribution in [3.8, 4) is 0 Å². The lowest BCUT2D eigenvalue weighted by Gasteiger charge is -2.37. The van der Waals surface area contributed by atoms with Gasteiger partial charge in [0.25, 0.3) is 0 Å². The standard InChI is InChI=1S/C11H16O5/c1-3-4-6-8(12)9(13)7-10(16-6)5(2)15-11(7)14/h3-10,12-13H,1-2H3/t5-,6-,7-,8-,9-,10-/m0/s1. The average molecular weight is 228 g/mol. The van der Waals surface area contributed by atoms with Gasteiger partial charge in [-0.1, -0.05) is 12.2 Å². The van der Waals surface area contributed by atoms with Gasteiger partial charge in [0, 0.05) is 0 Å². The summed E-state index contributed by atoms with van der Waals surface area (Å²) in [7, 11) is 0. The minimum Gasteiger partial charge on any atom is -0.460 e. The maximum atomic E-state index is 11.4. The monoisotopic (exact) mass is 228 g/mol. The lowest BCUT2D eigenvalue weighted by Crippen LogP contribution is -2.55. The Morgan fingerprint density at radius 3 is 2.62 bits per heavy atom. The minimum absolute atomic E-state index is 0.382. The van der Waals surface area contributed by atoms with E-state index < -0.39 is 36.3 Å². The van der Waals surface area contributed by atoms with Crippen LogP contribution in [0.3, 0.4) is 0 Å². The van der Waals surface area contributed by atoms with Crippen LogP contribution in [0, 0.1) is 5.92 Å². The molecule has 90 valence electrons. The van der Waals surface area contributed by atoms with Crippen LogP contribution in [0.2, 0.25) is 0 Å². The minimum atomic E-state index is -1.13. The van der Waals surface area contributed by atoms with Crippen molar-refractivity contribution in [1.82, 2.24) is 0 Å². The van der Waals surface area contributed by atoms with E-state index in [0.29, 0.717) is 0 Å². The Morgan fingerprint density at radius 2 is 2.00 bits per heavy atom. The Kier molecular flexibility index (Phi) is 3.01. The molecule has 2 heterocycles. The van der Waals surface area contributed by atoms with Crippen molar-refractivity contribution in [2.24, 2.45) is 5.92 Å². The summed E-state index contributed by atoms with van der Waals surface area (Å²) in [5, 5.41) is 19.7. The van der Waals surface area contributed by atoms with Crippen LogP contribution in [0.15, 0.2) is 12.2 Å². The fourth-order valence-electron chi connectivity index (χ4n) is 2.30. The van der Waals surface area contributed by atoms with Crippen LogP contribution in [-0.2, 0) is 14.3 Å². The fourth-order valence-corrected chi connectivity index (χ4v) is 2.30. The van der Waals surface area contributed by atoms with Crippen LogP contribution < -0.4 is 0 Å². The van der Waals surface area contributed by atoms with Crippen molar-refractivity contribution < 1.29 is 24.5 Å². The number of carbonyl (C=O) groups excluding carboxylic acids is 1. The molecule has 2 N–H and O–H groups in total.